The Kier molecular flexibility index (Phi) is 5.27. The van der Waals surface area contributed by atoms with E-state index < -0.39 is 21.8 Å². The van der Waals surface area contributed by atoms with Crippen LogP contribution in [0.2, 0.25) is 0 Å². The van der Waals surface area contributed by atoms with Crippen LogP contribution in [0.5, 0.6) is 0 Å². The standard InChI is InChI=1S/C17H13F2N3O3S/c1-10(16-13(18)3-2-4-14(16)19)26-9-15-20-17(21-25-15)11-5-7-12(8-6-11)22(23)24/h2-8,10H,9H2,1H3. The van der Waals surface area contributed by atoms with Gasteiger partial charge >= 0.3 is 0 Å². The molecule has 1 unspecified atom stereocenters. The summed E-state index contributed by atoms with van der Waals surface area (Å²) >= 11 is 1.26. The van der Waals surface area contributed by atoms with Gasteiger partial charge in [-0.3, -0.25) is 10.1 Å². The van der Waals surface area contributed by atoms with Gasteiger partial charge in [0.2, 0.25) is 11.7 Å². The lowest BCUT2D eigenvalue weighted by Gasteiger charge is -2.12. The second-order valence-electron chi connectivity index (χ2n) is 5.40. The molecule has 0 aliphatic rings. The first kappa shape index (κ1) is 18.0. The van der Waals surface area contributed by atoms with Gasteiger partial charge in [-0.15, -0.1) is 11.8 Å². The first-order chi connectivity index (χ1) is 12.5. The molecule has 0 aliphatic heterocycles. The zero-order valence-electron chi connectivity index (χ0n) is 13.6. The fourth-order valence-corrected chi connectivity index (χ4v) is 3.24. The Morgan fingerprint density at radius 3 is 2.46 bits per heavy atom. The number of nitro benzene ring substituents is 1. The van der Waals surface area contributed by atoms with E-state index in [2.05, 4.69) is 10.1 Å². The first-order valence-electron chi connectivity index (χ1n) is 7.58. The predicted octanol–water partition coefficient (Wildman–Crippen LogP) is 4.92. The monoisotopic (exact) mass is 377 g/mol. The summed E-state index contributed by atoms with van der Waals surface area (Å²) < 4.78 is 32.7. The molecule has 0 saturated heterocycles. The van der Waals surface area contributed by atoms with E-state index in [1.165, 1.54) is 54.2 Å². The molecule has 0 radical (unpaired) electrons. The Bertz CT molecular complexity index is 911. The third-order valence-corrected chi connectivity index (χ3v) is 4.82. The molecule has 26 heavy (non-hydrogen) atoms. The normalized spacial score (nSPS) is 12.1. The molecule has 0 fully saturated rings. The molecule has 6 nitrogen and oxygen atoms in total. The van der Waals surface area contributed by atoms with Crippen LogP contribution in [0.3, 0.4) is 0 Å². The summed E-state index contributed by atoms with van der Waals surface area (Å²) in [6.07, 6.45) is 0. The van der Waals surface area contributed by atoms with Gasteiger partial charge in [0.15, 0.2) is 0 Å². The molecular formula is C17H13F2N3O3S. The molecule has 2 aromatic carbocycles. The van der Waals surface area contributed by atoms with Crippen LogP contribution >= 0.6 is 11.8 Å². The van der Waals surface area contributed by atoms with Crippen molar-refractivity contribution in [2.75, 3.05) is 0 Å². The highest BCUT2D eigenvalue weighted by atomic mass is 32.2. The summed E-state index contributed by atoms with van der Waals surface area (Å²) in [4.78, 5) is 14.4. The van der Waals surface area contributed by atoms with E-state index in [0.717, 1.165) is 0 Å². The number of halogens is 2. The molecule has 134 valence electrons. The van der Waals surface area contributed by atoms with Gasteiger partial charge in [0.1, 0.15) is 11.6 Å². The van der Waals surface area contributed by atoms with E-state index >= 15 is 0 Å². The largest absolute Gasteiger partial charge is 0.338 e. The Labute approximate surface area is 151 Å². The number of aromatic nitrogens is 2. The molecule has 0 saturated carbocycles. The maximum atomic E-state index is 13.8. The molecular weight excluding hydrogens is 364 g/mol. The minimum absolute atomic E-state index is 0.00704. The topological polar surface area (TPSA) is 82.1 Å². The number of thioether (sulfide) groups is 1. The Morgan fingerprint density at radius 1 is 1.19 bits per heavy atom. The molecule has 9 heteroatoms. The van der Waals surface area contributed by atoms with E-state index in [9.17, 15) is 18.9 Å². The fraction of sp³-hybridized carbons (Fsp3) is 0.176. The molecule has 0 N–H and O–H groups in total. The molecule has 0 spiro atoms. The van der Waals surface area contributed by atoms with Gasteiger partial charge in [-0.05, 0) is 31.2 Å². The molecule has 3 rings (SSSR count). The van der Waals surface area contributed by atoms with E-state index in [4.69, 9.17) is 4.52 Å². The molecule has 1 heterocycles. The molecule has 1 aromatic heterocycles. The second-order valence-corrected chi connectivity index (χ2v) is 6.73. The van der Waals surface area contributed by atoms with Crippen molar-refractivity contribution >= 4 is 17.4 Å². The lowest BCUT2D eigenvalue weighted by atomic mass is 10.1. The van der Waals surface area contributed by atoms with Crippen LogP contribution in [0.15, 0.2) is 47.0 Å². The lowest BCUT2D eigenvalue weighted by Crippen LogP contribution is -1.98. The lowest BCUT2D eigenvalue weighted by molar-refractivity contribution is -0.384. The van der Waals surface area contributed by atoms with Crippen LogP contribution in [-0.4, -0.2) is 15.1 Å². The predicted molar refractivity (Wildman–Crippen MR) is 92.5 cm³/mol. The van der Waals surface area contributed by atoms with Crippen LogP contribution < -0.4 is 0 Å². The number of benzene rings is 2. The molecule has 1 atom stereocenters. The Hall–Kier alpha value is -2.81. The van der Waals surface area contributed by atoms with Crippen molar-refractivity contribution in [2.45, 2.75) is 17.9 Å². The van der Waals surface area contributed by atoms with E-state index in [1.54, 1.807) is 6.92 Å². The third-order valence-electron chi connectivity index (χ3n) is 3.67. The summed E-state index contributed by atoms with van der Waals surface area (Å²) in [6, 6.07) is 9.50. The summed E-state index contributed by atoms with van der Waals surface area (Å²) in [5, 5.41) is 14.1. The molecule has 0 amide bonds. The summed E-state index contributed by atoms with van der Waals surface area (Å²) in [5.41, 5.74) is 0.546. The second kappa shape index (κ2) is 7.61. The molecule has 3 aromatic rings. The number of non-ortho nitro benzene ring substituents is 1. The number of nitrogens with zero attached hydrogens (tertiary/aromatic N) is 3. The molecule has 0 aliphatic carbocycles. The quantitative estimate of drug-likeness (QED) is 0.448. The molecule has 0 bridgehead atoms. The van der Waals surface area contributed by atoms with Crippen molar-refractivity contribution in [3.8, 4) is 11.4 Å². The van der Waals surface area contributed by atoms with Crippen LogP contribution in [-0.2, 0) is 5.75 Å². The minimum atomic E-state index is -0.595. The average Bonchev–Trinajstić information content (AvgIpc) is 3.09. The van der Waals surface area contributed by atoms with Gasteiger partial charge in [0.05, 0.1) is 10.7 Å². The van der Waals surface area contributed by atoms with E-state index in [1.807, 2.05) is 0 Å². The van der Waals surface area contributed by atoms with Crippen LogP contribution in [0.1, 0.15) is 23.6 Å². The highest BCUT2D eigenvalue weighted by Gasteiger charge is 2.18. The number of hydrogen-bond acceptors (Lipinski definition) is 6. The maximum Gasteiger partial charge on any atom is 0.269 e. The zero-order chi connectivity index (χ0) is 18.7. The highest BCUT2D eigenvalue weighted by Crippen LogP contribution is 2.34. The van der Waals surface area contributed by atoms with Crippen molar-refractivity contribution < 1.29 is 18.2 Å². The highest BCUT2D eigenvalue weighted by molar-refractivity contribution is 7.98. The van der Waals surface area contributed by atoms with Crippen molar-refractivity contribution in [3.05, 3.63) is 75.7 Å². The zero-order valence-corrected chi connectivity index (χ0v) is 14.4. The van der Waals surface area contributed by atoms with Gasteiger partial charge in [0, 0.05) is 28.5 Å². The maximum absolute atomic E-state index is 13.8. The first-order valence-corrected chi connectivity index (χ1v) is 8.63. The van der Waals surface area contributed by atoms with Crippen LogP contribution in [0.4, 0.5) is 14.5 Å². The van der Waals surface area contributed by atoms with Gasteiger partial charge in [-0.2, -0.15) is 4.98 Å². The summed E-state index contributed by atoms with van der Waals surface area (Å²) in [6.45, 7) is 1.69. The van der Waals surface area contributed by atoms with E-state index in [0.29, 0.717) is 17.3 Å². The average molecular weight is 377 g/mol. The summed E-state index contributed by atoms with van der Waals surface area (Å²) in [7, 11) is 0. The van der Waals surface area contributed by atoms with Gasteiger partial charge in [-0.25, -0.2) is 8.78 Å². The number of hydrogen-bond donors (Lipinski definition) is 0. The van der Waals surface area contributed by atoms with Crippen LogP contribution in [0, 0.1) is 21.7 Å². The third kappa shape index (κ3) is 3.88. The van der Waals surface area contributed by atoms with Crippen molar-refractivity contribution in [1.29, 1.82) is 0 Å². The summed E-state index contributed by atoms with van der Waals surface area (Å²) in [5.74, 6) is -0.328. The Morgan fingerprint density at radius 2 is 1.85 bits per heavy atom. The van der Waals surface area contributed by atoms with Crippen molar-refractivity contribution in [1.82, 2.24) is 10.1 Å². The van der Waals surface area contributed by atoms with Gasteiger partial charge in [0.25, 0.3) is 5.69 Å². The minimum Gasteiger partial charge on any atom is -0.338 e. The van der Waals surface area contributed by atoms with Crippen LogP contribution in [0.25, 0.3) is 11.4 Å². The van der Waals surface area contributed by atoms with Gasteiger partial charge in [-0.1, -0.05) is 11.2 Å². The Balaban J connectivity index is 1.68. The SMILES string of the molecule is CC(SCc1nc(-c2ccc([N+](=O)[O-])cc2)no1)c1c(F)cccc1F. The van der Waals surface area contributed by atoms with Crippen molar-refractivity contribution in [3.63, 3.8) is 0 Å². The van der Waals surface area contributed by atoms with Crippen molar-refractivity contribution in [2.24, 2.45) is 0 Å². The van der Waals surface area contributed by atoms with Gasteiger partial charge < -0.3 is 4.52 Å². The number of rotatable bonds is 6. The fourth-order valence-electron chi connectivity index (χ4n) is 2.34. The number of nitro groups is 1. The van der Waals surface area contributed by atoms with E-state index in [-0.39, 0.29) is 17.0 Å². The smallest absolute Gasteiger partial charge is 0.269 e.